The Kier molecular flexibility index (Phi) is 5.11. The number of hydrogen-bond acceptors (Lipinski definition) is 6. The van der Waals surface area contributed by atoms with Gasteiger partial charge in [-0.15, -0.1) is 0 Å². The molecule has 1 aliphatic heterocycles. The second kappa shape index (κ2) is 7.47. The summed E-state index contributed by atoms with van der Waals surface area (Å²) in [6.07, 6.45) is 1.89. The number of thioether (sulfide) groups is 1. The van der Waals surface area contributed by atoms with Gasteiger partial charge in [0.25, 0.3) is 0 Å². The molecule has 6 nitrogen and oxygen atoms in total. The summed E-state index contributed by atoms with van der Waals surface area (Å²) in [5.41, 5.74) is 8.29. The van der Waals surface area contributed by atoms with Gasteiger partial charge in [0.15, 0.2) is 0 Å². The molecule has 1 aromatic heterocycles. The molecule has 2 heterocycles. The van der Waals surface area contributed by atoms with E-state index in [1.165, 1.54) is 23.4 Å². The quantitative estimate of drug-likeness (QED) is 0.840. The molecule has 130 valence electrons. The molecule has 0 saturated carbocycles. The van der Waals surface area contributed by atoms with Gasteiger partial charge in [-0.1, -0.05) is 30.0 Å². The highest BCUT2D eigenvalue weighted by Crippen LogP contribution is 2.32. The standard InChI is InChI=1S/C19H17N5OS/c1-12(26-18-15(11-21)9-14(10-20)17(22)23-18)19(25)24-8-4-6-13-5-2-3-7-16(13)24/h2-3,5,7,9,12H,4,6,8H2,1H3,(H2,22,23)/t12-/m1/s1. The van der Waals surface area contributed by atoms with E-state index in [9.17, 15) is 10.1 Å². The molecular weight excluding hydrogens is 346 g/mol. The van der Waals surface area contributed by atoms with Gasteiger partial charge >= 0.3 is 0 Å². The van der Waals surface area contributed by atoms with Gasteiger partial charge in [0, 0.05) is 12.2 Å². The lowest BCUT2D eigenvalue weighted by molar-refractivity contribution is -0.117. The van der Waals surface area contributed by atoms with Crippen LogP contribution in [0.25, 0.3) is 0 Å². The van der Waals surface area contributed by atoms with Crippen LogP contribution in [0.4, 0.5) is 11.5 Å². The fraction of sp³-hybridized carbons (Fsp3) is 0.263. The first-order chi connectivity index (χ1) is 12.5. The molecule has 1 aliphatic rings. The summed E-state index contributed by atoms with van der Waals surface area (Å²) >= 11 is 1.19. The number of nitrogens with two attached hydrogens (primary N) is 1. The first kappa shape index (κ1) is 17.8. The van der Waals surface area contributed by atoms with Gasteiger partial charge in [-0.05, 0) is 37.5 Å². The van der Waals surface area contributed by atoms with Crippen LogP contribution >= 0.6 is 11.8 Å². The fourth-order valence-corrected chi connectivity index (χ4v) is 3.91. The van der Waals surface area contributed by atoms with Crippen LogP contribution in [0.3, 0.4) is 0 Å². The third-order valence-corrected chi connectivity index (χ3v) is 5.36. The highest BCUT2D eigenvalue weighted by atomic mass is 32.2. The molecule has 2 aromatic rings. The summed E-state index contributed by atoms with van der Waals surface area (Å²) in [5.74, 6) is 0.0349. The van der Waals surface area contributed by atoms with Crippen molar-refractivity contribution in [3.05, 3.63) is 47.0 Å². The van der Waals surface area contributed by atoms with Gasteiger partial charge in [-0.2, -0.15) is 10.5 Å². The maximum atomic E-state index is 13.0. The van der Waals surface area contributed by atoms with Crippen LogP contribution in [0.1, 0.15) is 30.0 Å². The Bertz CT molecular complexity index is 944. The fourth-order valence-electron chi connectivity index (χ4n) is 2.97. The Morgan fingerprint density at radius 1 is 1.31 bits per heavy atom. The van der Waals surface area contributed by atoms with E-state index in [0.717, 1.165) is 18.5 Å². The molecule has 0 fully saturated rings. The summed E-state index contributed by atoms with van der Waals surface area (Å²) in [4.78, 5) is 18.9. The molecule has 0 radical (unpaired) electrons. The molecule has 3 rings (SSSR count). The molecular formula is C19H17N5OS. The predicted molar refractivity (Wildman–Crippen MR) is 101 cm³/mol. The largest absolute Gasteiger partial charge is 0.383 e. The van der Waals surface area contributed by atoms with Crippen molar-refractivity contribution in [2.24, 2.45) is 0 Å². The van der Waals surface area contributed by atoms with Gasteiger partial charge in [-0.3, -0.25) is 4.79 Å². The number of aryl methyl sites for hydroxylation is 1. The molecule has 0 saturated heterocycles. The van der Waals surface area contributed by atoms with E-state index in [2.05, 4.69) is 4.98 Å². The van der Waals surface area contributed by atoms with Crippen molar-refractivity contribution in [3.63, 3.8) is 0 Å². The lowest BCUT2D eigenvalue weighted by atomic mass is 10.0. The summed E-state index contributed by atoms with van der Waals surface area (Å²) < 4.78 is 0. The summed E-state index contributed by atoms with van der Waals surface area (Å²) in [6.45, 7) is 2.47. The Morgan fingerprint density at radius 3 is 2.77 bits per heavy atom. The average Bonchev–Trinajstić information content (AvgIpc) is 2.67. The minimum absolute atomic E-state index is 0.0317. The molecule has 26 heavy (non-hydrogen) atoms. The van der Waals surface area contributed by atoms with Gasteiger partial charge in [0.1, 0.15) is 23.0 Å². The average molecular weight is 363 g/mol. The van der Waals surface area contributed by atoms with E-state index in [4.69, 9.17) is 11.0 Å². The predicted octanol–water partition coefficient (Wildman–Crippen LogP) is 2.87. The van der Waals surface area contributed by atoms with Crippen LogP contribution in [-0.4, -0.2) is 22.7 Å². The van der Waals surface area contributed by atoms with Crippen molar-refractivity contribution in [1.29, 1.82) is 10.5 Å². The zero-order chi connectivity index (χ0) is 18.7. The van der Waals surface area contributed by atoms with Crippen molar-refractivity contribution in [2.75, 3.05) is 17.2 Å². The number of benzene rings is 1. The van der Waals surface area contributed by atoms with Crippen LogP contribution < -0.4 is 10.6 Å². The first-order valence-electron chi connectivity index (χ1n) is 8.21. The van der Waals surface area contributed by atoms with Gasteiger partial charge in [-0.25, -0.2) is 4.98 Å². The van der Waals surface area contributed by atoms with E-state index in [1.807, 2.05) is 36.4 Å². The Balaban J connectivity index is 1.85. The number of pyridine rings is 1. The smallest absolute Gasteiger partial charge is 0.240 e. The topological polar surface area (TPSA) is 107 Å². The number of fused-ring (bicyclic) bond motifs is 1. The molecule has 7 heteroatoms. The zero-order valence-corrected chi connectivity index (χ0v) is 15.1. The normalized spacial score (nSPS) is 14.0. The second-order valence-electron chi connectivity index (χ2n) is 5.98. The third-order valence-electron chi connectivity index (χ3n) is 4.27. The van der Waals surface area contributed by atoms with E-state index in [-0.39, 0.29) is 22.9 Å². The van der Waals surface area contributed by atoms with Crippen molar-refractivity contribution < 1.29 is 4.79 Å². The maximum absolute atomic E-state index is 13.0. The van der Waals surface area contributed by atoms with Crippen LogP contribution in [0.5, 0.6) is 0 Å². The number of rotatable bonds is 3. The van der Waals surface area contributed by atoms with Crippen LogP contribution in [0.2, 0.25) is 0 Å². The molecule has 0 unspecified atom stereocenters. The Labute approximate surface area is 156 Å². The third kappa shape index (κ3) is 3.35. The highest BCUT2D eigenvalue weighted by molar-refractivity contribution is 8.00. The molecule has 0 aliphatic carbocycles. The van der Waals surface area contributed by atoms with Crippen molar-refractivity contribution in [2.45, 2.75) is 30.0 Å². The lowest BCUT2D eigenvalue weighted by Gasteiger charge is -2.31. The van der Waals surface area contributed by atoms with Crippen molar-refractivity contribution >= 4 is 29.2 Å². The SMILES string of the molecule is C[C@@H](Sc1nc(N)c(C#N)cc1C#N)C(=O)N1CCCc2ccccc21. The number of nitrogens with zero attached hydrogens (tertiary/aromatic N) is 4. The second-order valence-corrected chi connectivity index (χ2v) is 7.31. The number of amides is 1. The number of aromatic nitrogens is 1. The maximum Gasteiger partial charge on any atom is 0.240 e. The highest BCUT2D eigenvalue weighted by Gasteiger charge is 2.27. The minimum Gasteiger partial charge on any atom is -0.383 e. The molecule has 0 bridgehead atoms. The van der Waals surface area contributed by atoms with Gasteiger partial charge < -0.3 is 10.6 Å². The lowest BCUT2D eigenvalue weighted by Crippen LogP contribution is -2.40. The summed E-state index contributed by atoms with van der Waals surface area (Å²) in [5, 5.41) is 18.3. The Hall–Kier alpha value is -3.03. The van der Waals surface area contributed by atoms with E-state index >= 15 is 0 Å². The zero-order valence-electron chi connectivity index (χ0n) is 14.3. The number of nitriles is 2. The summed E-state index contributed by atoms with van der Waals surface area (Å²) in [7, 11) is 0. The van der Waals surface area contributed by atoms with Crippen molar-refractivity contribution in [3.8, 4) is 12.1 Å². The van der Waals surface area contributed by atoms with Crippen molar-refractivity contribution in [1.82, 2.24) is 4.98 Å². The number of carbonyl (C=O) groups is 1. The molecule has 1 amide bonds. The summed E-state index contributed by atoms with van der Waals surface area (Å²) in [6, 6.07) is 13.3. The van der Waals surface area contributed by atoms with Crippen LogP contribution in [-0.2, 0) is 11.2 Å². The number of nitrogen functional groups attached to an aromatic ring is 1. The van der Waals surface area contributed by atoms with Crippen LogP contribution in [0.15, 0.2) is 35.4 Å². The monoisotopic (exact) mass is 363 g/mol. The Morgan fingerprint density at radius 2 is 2.04 bits per heavy atom. The minimum atomic E-state index is -0.437. The first-order valence-corrected chi connectivity index (χ1v) is 9.09. The van der Waals surface area contributed by atoms with Gasteiger partial charge in [0.2, 0.25) is 5.91 Å². The van der Waals surface area contributed by atoms with E-state index in [1.54, 1.807) is 11.8 Å². The number of para-hydroxylation sites is 1. The van der Waals surface area contributed by atoms with E-state index < -0.39 is 5.25 Å². The van der Waals surface area contributed by atoms with Crippen LogP contribution in [0, 0.1) is 22.7 Å². The molecule has 1 aromatic carbocycles. The molecule has 1 atom stereocenters. The number of anilines is 2. The molecule has 0 spiro atoms. The number of hydrogen-bond donors (Lipinski definition) is 1. The van der Waals surface area contributed by atoms with E-state index in [0.29, 0.717) is 11.6 Å². The molecule has 2 N–H and O–H groups in total. The van der Waals surface area contributed by atoms with Gasteiger partial charge in [0.05, 0.1) is 16.4 Å². The number of carbonyl (C=O) groups excluding carboxylic acids is 1.